The van der Waals surface area contributed by atoms with Gasteiger partial charge in [0.2, 0.25) is 11.8 Å². The van der Waals surface area contributed by atoms with Crippen LogP contribution in [0.4, 0.5) is 0 Å². The second-order valence-electron chi connectivity index (χ2n) is 7.40. The monoisotopic (exact) mass is 387 g/mol. The Balaban J connectivity index is 1.22. The predicted octanol–water partition coefficient (Wildman–Crippen LogP) is 1.31. The van der Waals surface area contributed by atoms with Gasteiger partial charge in [-0.15, -0.1) is 11.3 Å². The van der Waals surface area contributed by atoms with Gasteiger partial charge in [-0.3, -0.25) is 19.5 Å². The molecule has 4 rings (SSSR count). The van der Waals surface area contributed by atoms with Crippen molar-refractivity contribution >= 4 is 29.1 Å². The average Bonchev–Trinajstić information content (AvgIpc) is 3.42. The third kappa shape index (κ3) is 3.38. The van der Waals surface area contributed by atoms with E-state index in [1.165, 1.54) is 9.78 Å². The molecule has 1 saturated heterocycles. The van der Waals surface area contributed by atoms with Gasteiger partial charge >= 0.3 is 0 Å². The molecule has 144 valence electrons. The van der Waals surface area contributed by atoms with Gasteiger partial charge in [0.1, 0.15) is 5.01 Å². The molecule has 2 bridgehead atoms. The Bertz CT molecular complexity index is 772. The van der Waals surface area contributed by atoms with Crippen molar-refractivity contribution in [2.45, 2.75) is 26.3 Å². The Morgan fingerprint density at radius 2 is 1.96 bits per heavy atom. The molecule has 0 radical (unpaired) electrons. The number of rotatable bonds is 6. The van der Waals surface area contributed by atoms with Gasteiger partial charge in [0.15, 0.2) is 5.96 Å². The quantitative estimate of drug-likeness (QED) is 0.253. The number of likely N-dealkylation sites (tertiary alicyclic amines) is 1. The van der Waals surface area contributed by atoms with E-state index in [1.54, 1.807) is 18.4 Å². The number of nitrogens with one attached hydrogen (secondary N) is 2. The number of aromatic nitrogens is 1. The number of amides is 2. The van der Waals surface area contributed by atoms with Gasteiger partial charge in [-0.1, -0.05) is 12.2 Å². The van der Waals surface area contributed by atoms with E-state index in [1.807, 2.05) is 13.1 Å². The zero-order chi connectivity index (χ0) is 19.0. The number of allylic oxidation sites excluding steroid dienone is 2. The summed E-state index contributed by atoms with van der Waals surface area (Å²) in [6.45, 7) is 3.78. The minimum absolute atomic E-state index is 0.0310. The van der Waals surface area contributed by atoms with Crippen LogP contribution in [0.5, 0.6) is 0 Å². The van der Waals surface area contributed by atoms with Crippen LogP contribution >= 0.6 is 11.3 Å². The molecule has 2 aliphatic carbocycles. The van der Waals surface area contributed by atoms with Gasteiger partial charge in [0.25, 0.3) is 0 Å². The van der Waals surface area contributed by atoms with E-state index < -0.39 is 0 Å². The van der Waals surface area contributed by atoms with Crippen LogP contribution < -0.4 is 10.6 Å². The minimum atomic E-state index is -0.100. The van der Waals surface area contributed by atoms with E-state index in [9.17, 15) is 9.59 Å². The van der Waals surface area contributed by atoms with Crippen molar-refractivity contribution in [1.29, 1.82) is 0 Å². The lowest BCUT2D eigenvalue weighted by Gasteiger charge is -2.17. The van der Waals surface area contributed by atoms with Crippen LogP contribution in [0.1, 0.15) is 22.7 Å². The lowest BCUT2D eigenvalue weighted by Crippen LogP contribution is -2.39. The van der Waals surface area contributed by atoms with Gasteiger partial charge < -0.3 is 10.6 Å². The number of aryl methyl sites for hydroxylation is 1. The van der Waals surface area contributed by atoms with Crippen molar-refractivity contribution in [2.24, 2.45) is 28.7 Å². The van der Waals surface area contributed by atoms with E-state index >= 15 is 0 Å². The molecular formula is C19H25N5O2S. The number of hydrogen-bond donors (Lipinski definition) is 2. The maximum Gasteiger partial charge on any atom is 0.233 e. The molecule has 1 aromatic heterocycles. The van der Waals surface area contributed by atoms with Gasteiger partial charge in [0, 0.05) is 31.2 Å². The highest BCUT2D eigenvalue weighted by Crippen LogP contribution is 2.52. The number of carbonyl (C=O) groups is 2. The van der Waals surface area contributed by atoms with Gasteiger partial charge in [-0.2, -0.15) is 0 Å². The molecule has 4 atom stereocenters. The fourth-order valence-electron chi connectivity index (χ4n) is 4.49. The Kier molecular flexibility index (Phi) is 4.99. The van der Waals surface area contributed by atoms with Gasteiger partial charge in [0.05, 0.1) is 18.4 Å². The van der Waals surface area contributed by atoms with Gasteiger partial charge in [-0.05, 0) is 31.6 Å². The molecule has 2 fully saturated rings. The molecule has 1 saturated carbocycles. The van der Waals surface area contributed by atoms with Crippen LogP contribution in [0.25, 0.3) is 0 Å². The van der Waals surface area contributed by atoms with Crippen LogP contribution in [0.3, 0.4) is 0 Å². The number of hydrogen-bond acceptors (Lipinski definition) is 5. The predicted molar refractivity (Wildman–Crippen MR) is 104 cm³/mol. The van der Waals surface area contributed by atoms with E-state index in [0.717, 1.165) is 11.4 Å². The number of imide groups is 1. The van der Waals surface area contributed by atoms with Crippen molar-refractivity contribution in [3.05, 3.63) is 28.2 Å². The number of thiazole rings is 1. The molecule has 0 spiro atoms. The SMILES string of the molecule is CN=C(NCCCN1C(=O)C2C3C=CC(C3)C2C1=O)NCc1ncc(C)s1. The lowest BCUT2D eigenvalue weighted by atomic mass is 9.85. The van der Waals surface area contributed by atoms with Crippen LogP contribution in [-0.4, -0.2) is 47.8 Å². The van der Waals surface area contributed by atoms with E-state index in [4.69, 9.17) is 0 Å². The Hall–Kier alpha value is -2.22. The molecule has 4 unspecified atom stereocenters. The Morgan fingerprint density at radius 3 is 2.56 bits per heavy atom. The fraction of sp³-hybridized carbons (Fsp3) is 0.579. The second kappa shape index (κ2) is 7.42. The Labute approximate surface area is 163 Å². The second-order valence-corrected chi connectivity index (χ2v) is 8.72. The summed E-state index contributed by atoms with van der Waals surface area (Å²) >= 11 is 1.66. The topological polar surface area (TPSA) is 86.7 Å². The molecular weight excluding hydrogens is 362 g/mol. The summed E-state index contributed by atoms with van der Waals surface area (Å²) in [7, 11) is 1.72. The average molecular weight is 388 g/mol. The zero-order valence-corrected chi connectivity index (χ0v) is 16.5. The van der Waals surface area contributed by atoms with Crippen LogP contribution in [0.2, 0.25) is 0 Å². The minimum Gasteiger partial charge on any atom is -0.356 e. The number of carbonyl (C=O) groups excluding carboxylic acids is 2. The summed E-state index contributed by atoms with van der Waals surface area (Å²) in [5.74, 6) is 1.11. The summed E-state index contributed by atoms with van der Waals surface area (Å²) in [4.78, 5) is 36.5. The molecule has 7 nitrogen and oxygen atoms in total. The molecule has 3 aliphatic rings. The molecule has 2 heterocycles. The summed E-state index contributed by atoms with van der Waals surface area (Å²) in [5, 5.41) is 7.48. The fourth-order valence-corrected chi connectivity index (χ4v) is 5.22. The first-order valence-electron chi connectivity index (χ1n) is 9.48. The van der Waals surface area contributed by atoms with Crippen LogP contribution in [0.15, 0.2) is 23.3 Å². The first-order chi connectivity index (χ1) is 13.1. The third-order valence-electron chi connectivity index (χ3n) is 5.71. The van der Waals surface area contributed by atoms with Crippen LogP contribution in [-0.2, 0) is 16.1 Å². The maximum absolute atomic E-state index is 12.6. The molecule has 1 aromatic rings. The number of fused-ring (bicyclic) bond motifs is 5. The van der Waals surface area contributed by atoms with E-state index in [2.05, 4.69) is 32.8 Å². The first-order valence-corrected chi connectivity index (χ1v) is 10.3. The Morgan fingerprint density at radius 1 is 1.26 bits per heavy atom. The summed E-state index contributed by atoms with van der Waals surface area (Å²) in [5.41, 5.74) is 0. The highest BCUT2D eigenvalue weighted by atomic mass is 32.1. The van der Waals surface area contributed by atoms with Crippen molar-refractivity contribution in [2.75, 3.05) is 20.1 Å². The molecule has 27 heavy (non-hydrogen) atoms. The first kappa shape index (κ1) is 18.2. The van der Waals surface area contributed by atoms with Crippen molar-refractivity contribution in [3.63, 3.8) is 0 Å². The standard InChI is InChI=1S/C19H25N5O2S/c1-11-9-22-14(27-11)10-23-19(20-2)21-6-3-7-24-17(25)15-12-4-5-13(8-12)16(15)18(24)26/h4-5,9,12-13,15-16H,3,6-8,10H2,1-2H3,(H2,20,21,23). The third-order valence-corrected chi connectivity index (χ3v) is 6.63. The van der Waals surface area contributed by atoms with E-state index in [0.29, 0.717) is 32.0 Å². The normalized spacial score (nSPS) is 29.0. The molecule has 2 amide bonds. The van der Waals surface area contributed by atoms with Crippen LogP contribution in [0, 0.1) is 30.6 Å². The van der Waals surface area contributed by atoms with E-state index in [-0.39, 0.29) is 35.5 Å². The highest BCUT2D eigenvalue weighted by Gasteiger charge is 2.58. The van der Waals surface area contributed by atoms with Crippen molar-refractivity contribution < 1.29 is 9.59 Å². The summed E-state index contributed by atoms with van der Waals surface area (Å²) in [6, 6.07) is 0. The number of aliphatic imine (C=N–C) groups is 1. The number of guanidine groups is 1. The summed E-state index contributed by atoms with van der Waals surface area (Å²) in [6.07, 6.45) is 7.79. The molecule has 8 heteroatoms. The lowest BCUT2D eigenvalue weighted by molar-refractivity contribution is -0.140. The van der Waals surface area contributed by atoms with Gasteiger partial charge in [-0.25, -0.2) is 4.98 Å². The smallest absolute Gasteiger partial charge is 0.233 e. The molecule has 2 N–H and O–H groups in total. The highest BCUT2D eigenvalue weighted by molar-refractivity contribution is 7.11. The largest absolute Gasteiger partial charge is 0.356 e. The van der Waals surface area contributed by atoms with Crippen molar-refractivity contribution in [3.8, 4) is 0 Å². The molecule has 0 aromatic carbocycles. The maximum atomic E-state index is 12.6. The molecule has 1 aliphatic heterocycles. The number of nitrogens with zero attached hydrogens (tertiary/aromatic N) is 3. The summed E-state index contributed by atoms with van der Waals surface area (Å²) < 4.78 is 0. The van der Waals surface area contributed by atoms with Crippen molar-refractivity contribution in [1.82, 2.24) is 20.5 Å². The zero-order valence-electron chi connectivity index (χ0n) is 15.6.